The first-order chi connectivity index (χ1) is 16.6. The molecule has 3 amide bonds. The SMILES string of the molecule is CCCNC(=O)N(CC(=O)N1CCCN(c2ccc(-c3ccc(OC)cc3)nn2)CC1)C1CC1. The van der Waals surface area contributed by atoms with E-state index in [1.165, 1.54) is 0 Å². The molecule has 9 heteroatoms. The van der Waals surface area contributed by atoms with E-state index >= 15 is 0 Å². The van der Waals surface area contributed by atoms with E-state index < -0.39 is 0 Å². The zero-order valence-corrected chi connectivity index (χ0v) is 20.1. The quantitative estimate of drug-likeness (QED) is 0.643. The maximum absolute atomic E-state index is 13.0. The van der Waals surface area contributed by atoms with Crippen LogP contribution in [0, 0.1) is 0 Å². The van der Waals surface area contributed by atoms with Crippen molar-refractivity contribution in [2.24, 2.45) is 0 Å². The molecule has 1 N–H and O–H groups in total. The Morgan fingerprint density at radius 1 is 1.06 bits per heavy atom. The highest BCUT2D eigenvalue weighted by Crippen LogP contribution is 2.27. The van der Waals surface area contributed by atoms with Crippen LogP contribution in [0.3, 0.4) is 0 Å². The Morgan fingerprint density at radius 2 is 1.85 bits per heavy atom. The topological polar surface area (TPSA) is 90.9 Å². The van der Waals surface area contributed by atoms with Gasteiger partial charge < -0.3 is 24.8 Å². The summed E-state index contributed by atoms with van der Waals surface area (Å²) in [5, 5.41) is 11.8. The first-order valence-corrected chi connectivity index (χ1v) is 12.1. The third kappa shape index (κ3) is 5.95. The van der Waals surface area contributed by atoms with Crippen molar-refractivity contribution < 1.29 is 14.3 Å². The fraction of sp³-hybridized carbons (Fsp3) is 0.520. The predicted molar refractivity (Wildman–Crippen MR) is 131 cm³/mol. The molecule has 0 spiro atoms. The minimum Gasteiger partial charge on any atom is -0.497 e. The lowest BCUT2D eigenvalue weighted by Gasteiger charge is -2.27. The van der Waals surface area contributed by atoms with Crippen molar-refractivity contribution in [2.45, 2.75) is 38.6 Å². The zero-order valence-electron chi connectivity index (χ0n) is 20.1. The molecule has 9 nitrogen and oxygen atoms in total. The number of hydrogen-bond donors (Lipinski definition) is 1. The minimum atomic E-state index is -0.124. The van der Waals surface area contributed by atoms with E-state index in [4.69, 9.17) is 4.74 Å². The molecule has 182 valence electrons. The predicted octanol–water partition coefficient (Wildman–Crippen LogP) is 2.77. The van der Waals surface area contributed by atoms with Crippen molar-refractivity contribution in [3.63, 3.8) is 0 Å². The summed E-state index contributed by atoms with van der Waals surface area (Å²) in [5.74, 6) is 1.63. The number of benzene rings is 1. The van der Waals surface area contributed by atoms with Crippen LogP contribution in [0.1, 0.15) is 32.6 Å². The lowest BCUT2D eigenvalue weighted by Crippen LogP contribution is -2.48. The number of rotatable bonds is 8. The number of nitrogens with one attached hydrogen (secondary N) is 1. The second-order valence-corrected chi connectivity index (χ2v) is 8.82. The molecule has 34 heavy (non-hydrogen) atoms. The lowest BCUT2D eigenvalue weighted by molar-refractivity contribution is -0.131. The highest BCUT2D eigenvalue weighted by Gasteiger charge is 2.35. The lowest BCUT2D eigenvalue weighted by atomic mass is 10.1. The van der Waals surface area contributed by atoms with Crippen molar-refractivity contribution in [2.75, 3.05) is 51.3 Å². The van der Waals surface area contributed by atoms with Gasteiger partial charge in [0.2, 0.25) is 5.91 Å². The molecular weight excluding hydrogens is 432 g/mol. The van der Waals surface area contributed by atoms with E-state index in [1.807, 2.05) is 48.2 Å². The molecule has 1 aromatic carbocycles. The van der Waals surface area contributed by atoms with Gasteiger partial charge in [0.05, 0.1) is 12.8 Å². The molecule has 1 saturated carbocycles. The van der Waals surface area contributed by atoms with Gasteiger partial charge in [-0.3, -0.25) is 4.79 Å². The summed E-state index contributed by atoms with van der Waals surface area (Å²) in [5.41, 5.74) is 1.79. The first kappa shape index (κ1) is 23.8. The summed E-state index contributed by atoms with van der Waals surface area (Å²) in [6.45, 7) is 5.59. The third-order valence-corrected chi connectivity index (χ3v) is 6.29. The van der Waals surface area contributed by atoms with Crippen LogP contribution in [0.4, 0.5) is 10.6 Å². The Balaban J connectivity index is 1.33. The number of urea groups is 1. The highest BCUT2D eigenvalue weighted by molar-refractivity contribution is 5.84. The molecule has 2 aliphatic rings. The number of hydrogen-bond acceptors (Lipinski definition) is 6. The molecule has 1 aliphatic heterocycles. The molecule has 0 atom stereocenters. The van der Waals surface area contributed by atoms with E-state index in [1.54, 1.807) is 12.0 Å². The van der Waals surface area contributed by atoms with Gasteiger partial charge in [0.25, 0.3) is 0 Å². The van der Waals surface area contributed by atoms with Gasteiger partial charge in [-0.15, -0.1) is 10.2 Å². The first-order valence-electron chi connectivity index (χ1n) is 12.1. The summed E-state index contributed by atoms with van der Waals surface area (Å²) in [6, 6.07) is 11.8. The Kier molecular flexibility index (Phi) is 7.82. The number of carbonyl (C=O) groups is 2. The summed E-state index contributed by atoms with van der Waals surface area (Å²) in [6.07, 6.45) is 3.68. The average Bonchev–Trinajstić information content (AvgIpc) is 3.73. The van der Waals surface area contributed by atoms with Crippen molar-refractivity contribution in [3.8, 4) is 17.0 Å². The fourth-order valence-electron chi connectivity index (χ4n) is 4.14. The van der Waals surface area contributed by atoms with Crippen molar-refractivity contribution in [3.05, 3.63) is 36.4 Å². The normalized spacial score (nSPS) is 16.1. The maximum Gasteiger partial charge on any atom is 0.318 e. The summed E-state index contributed by atoms with van der Waals surface area (Å²) in [4.78, 5) is 31.3. The van der Waals surface area contributed by atoms with E-state index in [2.05, 4.69) is 20.4 Å². The Morgan fingerprint density at radius 3 is 2.50 bits per heavy atom. The van der Waals surface area contributed by atoms with Crippen LogP contribution in [0.5, 0.6) is 5.75 Å². The van der Waals surface area contributed by atoms with Crippen LogP contribution in [0.2, 0.25) is 0 Å². The van der Waals surface area contributed by atoms with Crippen LogP contribution in [-0.4, -0.2) is 84.4 Å². The van der Waals surface area contributed by atoms with Gasteiger partial charge >= 0.3 is 6.03 Å². The van der Waals surface area contributed by atoms with Crippen LogP contribution in [0.15, 0.2) is 36.4 Å². The van der Waals surface area contributed by atoms with Crippen molar-refractivity contribution >= 4 is 17.8 Å². The molecule has 2 heterocycles. The number of nitrogens with zero attached hydrogens (tertiary/aromatic N) is 5. The largest absolute Gasteiger partial charge is 0.497 e. The molecular formula is C25H34N6O3. The third-order valence-electron chi connectivity index (χ3n) is 6.29. The van der Waals surface area contributed by atoms with Crippen molar-refractivity contribution in [1.29, 1.82) is 0 Å². The second kappa shape index (κ2) is 11.2. The highest BCUT2D eigenvalue weighted by atomic mass is 16.5. The van der Waals surface area contributed by atoms with E-state index in [9.17, 15) is 9.59 Å². The van der Waals surface area contributed by atoms with Gasteiger partial charge in [0, 0.05) is 44.3 Å². The molecule has 2 fully saturated rings. The number of methoxy groups -OCH3 is 1. The molecule has 2 aromatic rings. The fourth-order valence-corrected chi connectivity index (χ4v) is 4.14. The number of amides is 3. The summed E-state index contributed by atoms with van der Waals surface area (Å²) < 4.78 is 5.21. The summed E-state index contributed by atoms with van der Waals surface area (Å²) in [7, 11) is 1.65. The van der Waals surface area contributed by atoms with Gasteiger partial charge in [-0.25, -0.2) is 4.79 Å². The Bertz CT molecular complexity index is 962. The average molecular weight is 467 g/mol. The monoisotopic (exact) mass is 466 g/mol. The molecule has 0 radical (unpaired) electrons. The van der Waals surface area contributed by atoms with E-state index in [-0.39, 0.29) is 24.5 Å². The molecule has 1 saturated heterocycles. The molecule has 1 aromatic heterocycles. The summed E-state index contributed by atoms with van der Waals surface area (Å²) >= 11 is 0. The number of carbonyl (C=O) groups excluding carboxylic acids is 2. The van der Waals surface area contributed by atoms with Gasteiger partial charge in [-0.2, -0.15) is 0 Å². The molecule has 4 rings (SSSR count). The zero-order chi connectivity index (χ0) is 23.9. The Hall–Kier alpha value is -3.36. The van der Waals surface area contributed by atoms with Crippen LogP contribution in [-0.2, 0) is 4.79 Å². The van der Waals surface area contributed by atoms with Crippen LogP contribution >= 0.6 is 0 Å². The standard InChI is InChI=1S/C25H34N6O3/c1-3-13-26-25(33)31(20-7-8-20)18-24(32)30-15-4-14-29(16-17-30)23-12-11-22(27-28-23)19-5-9-21(34-2)10-6-19/h5-6,9-12,20H,3-4,7-8,13-18H2,1-2H3,(H,26,33). The van der Waals surface area contributed by atoms with Gasteiger partial charge in [0.15, 0.2) is 5.82 Å². The van der Waals surface area contributed by atoms with E-state index in [0.717, 1.165) is 55.1 Å². The Labute approximate surface area is 201 Å². The number of ether oxygens (including phenoxy) is 1. The molecule has 1 aliphatic carbocycles. The number of aromatic nitrogens is 2. The van der Waals surface area contributed by atoms with Gasteiger partial charge in [-0.1, -0.05) is 6.92 Å². The second-order valence-electron chi connectivity index (χ2n) is 8.82. The van der Waals surface area contributed by atoms with Crippen LogP contribution in [0.25, 0.3) is 11.3 Å². The van der Waals surface area contributed by atoms with E-state index in [0.29, 0.717) is 26.2 Å². The smallest absolute Gasteiger partial charge is 0.318 e. The maximum atomic E-state index is 13.0. The minimum absolute atomic E-state index is 0.0151. The van der Waals surface area contributed by atoms with Gasteiger partial charge in [-0.05, 0) is 62.1 Å². The molecule has 0 unspecified atom stereocenters. The van der Waals surface area contributed by atoms with Gasteiger partial charge in [0.1, 0.15) is 12.3 Å². The van der Waals surface area contributed by atoms with Crippen molar-refractivity contribution in [1.82, 2.24) is 25.3 Å². The van der Waals surface area contributed by atoms with Crippen LogP contribution < -0.4 is 15.0 Å². The number of anilines is 1. The molecule has 0 bridgehead atoms.